The van der Waals surface area contributed by atoms with Gasteiger partial charge in [-0.15, -0.1) is 47.5 Å². The van der Waals surface area contributed by atoms with Gasteiger partial charge in [0, 0.05) is 39.5 Å². The second-order valence-electron chi connectivity index (χ2n) is 18.3. The molecule has 0 spiro atoms. The molecular formula is C67H44IrN5O. The molecule has 352 valence electrons. The van der Waals surface area contributed by atoms with Gasteiger partial charge in [-0.25, -0.2) is 0 Å². The van der Waals surface area contributed by atoms with Crippen molar-refractivity contribution in [1.29, 1.82) is 0 Å². The quantitative estimate of drug-likeness (QED) is 0.128. The first-order valence-corrected chi connectivity index (χ1v) is 24.4. The number of rotatable bonds is 10. The maximum atomic E-state index is 6.24. The first kappa shape index (κ1) is 46.1. The molecule has 6 nitrogen and oxygen atoms in total. The number of furan rings is 1. The van der Waals surface area contributed by atoms with Crippen LogP contribution in [0, 0.1) is 32.0 Å². The number of para-hydroxylation sites is 3. The van der Waals surface area contributed by atoms with E-state index < -0.39 is 0 Å². The predicted molar refractivity (Wildman–Crippen MR) is 295 cm³/mol. The molecule has 0 bridgehead atoms. The van der Waals surface area contributed by atoms with Gasteiger partial charge in [-0.3, -0.25) is 9.36 Å². The summed E-state index contributed by atoms with van der Waals surface area (Å²) in [5.74, 6) is 0. The third-order valence-corrected chi connectivity index (χ3v) is 14.0. The molecule has 0 aliphatic heterocycles. The van der Waals surface area contributed by atoms with Crippen LogP contribution in [0.2, 0.25) is 0 Å². The van der Waals surface area contributed by atoms with Crippen molar-refractivity contribution in [2.45, 2.75) is 13.8 Å². The van der Waals surface area contributed by atoms with Gasteiger partial charge in [0.2, 0.25) is 0 Å². The van der Waals surface area contributed by atoms with Crippen molar-refractivity contribution in [2.75, 3.05) is 0 Å². The van der Waals surface area contributed by atoms with Gasteiger partial charge < -0.3 is 9.40 Å². The van der Waals surface area contributed by atoms with Crippen LogP contribution in [0.15, 0.2) is 235 Å². The van der Waals surface area contributed by atoms with Crippen LogP contribution >= 0.6 is 0 Å². The van der Waals surface area contributed by atoms with E-state index in [9.17, 15) is 0 Å². The minimum Gasteiger partial charge on any atom is -0.456 e. The summed E-state index contributed by atoms with van der Waals surface area (Å²) in [6, 6.07) is 84.1. The van der Waals surface area contributed by atoms with Gasteiger partial charge in [0.25, 0.3) is 0 Å². The summed E-state index contributed by atoms with van der Waals surface area (Å²) in [5, 5.41) is 12.0. The summed E-state index contributed by atoms with van der Waals surface area (Å²) in [6.07, 6.45) is 5.93. The molecule has 0 amide bonds. The van der Waals surface area contributed by atoms with E-state index in [1.165, 1.54) is 0 Å². The van der Waals surface area contributed by atoms with Crippen molar-refractivity contribution in [1.82, 2.24) is 24.5 Å². The first-order valence-electron chi connectivity index (χ1n) is 24.4. The van der Waals surface area contributed by atoms with Gasteiger partial charge in [0.15, 0.2) is 0 Å². The number of fused-ring (bicyclic) bond motifs is 3. The fourth-order valence-electron chi connectivity index (χ4n) is 10.3. The van der Waals surface area contributed by atoms with Crippen LogP contribution in [0.5, 0.6) is 0 Å². The van der Waals surface area contributed by atoms with E-state index in [0.717, 1.165) is 134 Å². The van der Waals surface area contributed by atoms with Crippen LogP contribution in [0.4, 0.5) is 0 Å². The zero-order valence-electron chi connectivity index (χ0n) is 40.4. The van der Waals surface area contributed by atoms with Crippen molar-refractivity contribution in [3.8, 4) is 101 Å². The standard InChI is InChI=1S/C67H44N5O.Ir/c1-44-63(42-69-71(44)53-20-5-3-6-21-53)59-28-13-11-26-57(59)51-37-50(38-52(39-51)58-27-12-14-29-60(58)64-43-70-72(45(64)2)54-22-7-4-8-23-54)56-25-10-9-24-55(56)49-33-35-65(68-41-49)48-19-17-18-46(36-48)47-32-34-62-61-30-15-16-31-66(61)73-67(62)40-47;/h3-18,20,22,24-43H,1-2H3;/q-3;+3. The Kier molecular flexibility index (Phi) is 12.2. The van der Waals surface area contributed by atoms with Gasteiger partial charge in [-0.2, -0.15) is 58.7 Å². The van der Waals surface area contributed by atoms with E-state index in [1.54, 1.807) is 0 Å². The Morgan fingerprint density at radius 3 is 1.41 bits per heavy atom. The summed E-state index contributed by atoms with van der Waals surface area (Å²) >= 11 is 0. The largest absolute Gasteiger partial charge is 3.00 e. The van der Waals surface area contributed by atoms with E-state index >= 15 is 0 Å². The van der Waals surface area contributed by atoms with E-state index in [0.29, 0.717) is 0 Å². The Labute approximate surface area is 443 Å². The molecule has 0 unspecified atom stereocenters. The van der Waals surface area contributed by atoms with Crippen LogP contribution in [0.25, 0.3) is 122 Å². The Bertz CT molecular complexity index is 4030. The van der Waals surface area contributed by atoms with E-state index in [-0.39, 0.29) is 20.1 Å². The molecule has 7 heteroatoms. The molecule has 0 fully saturated rings. The van der Waals surface area contributed by atoms with Crippen molar-refractivity contribution >= 4 is 21.9 Å². The maximum Gasteiger partial charge on any atom is 3.00 e. The van der Waals surface area contributed by atoms with Gasteiger partial charge in [-0.05, 0) is 129 Å². The molecule has 74 heavy (non-hydrogen) atoms. The normalized spacial score (nSPS) is 11.3. The molecule has 0 aliphatic carbocycles. The molecular weight excluding hydrogens is 1080 g/mol. The van der Waals surface area contributed by atoms with E-state index in [4.69, 9.17) is 19.6 Å². The number of pyridine rings is 1. The van der Waals surface area contributed by atoms with E-state index in [1.807, 2.05) is 101 Å². The third-order valence-electron chi connectivity index (χ3n) is 14.0. The van der Waals surface area contributed by atoms with Gasteiger partial charge in [0.05, 0.1) is 12.4 Å². The summed E-state index contributed by atoms with van der Waals surface area (Å²) in [5.41, 5.74) is 22.5. The molecule has 4 heterocycles. The van der Waals surface area contributed by atoms with Crippen molar-refractivity contribution in [3.05, 3.63) is 261 Å². The molecule has 4 aromatic heterocycles. The maximum absolute atomic E-state index is 6.24. The summed E-state index contributed by atoms with van der Waals surface area (Å²) < 4.78 is 10.2. The minimum atomic E-state index is 0. The summed E-state index contributed by atoms with van der Waals surface area (Å²) in [4.78, 5) is 5.09. The zero-order valence-corrected chi connectivity index (χ0v) is 42.8. The predicted octanol–water partition coefficient (Wildman–Crippen LogP) is 16.7. The molecule has 13 aromatic rings. The van der Waals surface area contributed by atoms with Crippen molar-refractivity contribution in [2.24, 2.45) is 0 Å². The SMILES string of the molecule is Cc1c(-c2ccccc2-c2cc(-c3ccccc3-c3ccc(-c4[c-]ccc(-c5ccc6c(c5)oc5ccccc56)c4)nc3)cc(-c3ccccc3-c3cnn(-c4[c-]cccc4)c3C)c2)cnn1-c1[c-]cccc1.[Ir+3]. The van der Waals surface area contributed by atoms with Gasteiger partial charge in [-0.1, -0.05) is 109 Å². The monoisotopic (exact) mass is 1130 g/mol. The van der Waals surface area contributed by atoms with Crippen LogP contribution in [-0.4, -0.2) is 24.5 Å². The zero-order chi connectivity index (χ0) is 48.8. The Morgan fingerprint density at radius 2 is 0.851 bits per heavy atom. The fourth-order valence-corrected chi connectivity index (χ4v) is 10.3. The number of nitrogens with zero attached hydrogens (tertiary/aromatic N) is 5. The first-order chi connectivity index (χ1) is 36.0. The van der Waals surface area contributed by atoms with Crippen LogP contribution < -0.4 is 0 Å². The number of hydrogen-bond donors (Lipinski definition) is 0. The summed E-state index contributed by atoms with van der Waals surface area (Å²) in [7, 11) is 0. The third kappa shape index (κ3) is 8.38. The fraction of sp³-hybridized carbons (Fsp3) is 0.0299. The Balaban J connectivity index is 0.00000556. The molecule has 0 saturated carbocycles. The Hall–Kier alpha value is -9.00. The van der Waals surface area contributed by atoms with Crippen LogP contribution in [0.1, 0.15) is 11.4 Å². The number of benzene rings is 9. The van der Waals surface area contributed by atoms with Gasteiger partial charge in [0.1, 0.15) is 11.2 Å². The molecule has 0 radical (unpaired) electrons. The second-order valence-corrected chi connectivity index (χ2v) is 18.3. The molecule has 0 N–H and O–H groups in total. The molecule has 13 rings (SSSR count). The minimum absolute atomic E-state index is 0. The summed E-state index contributed by atoms with van der Waals surface area (Å²) in [6.45, 7) is 4.25. The van der Waals surface area contributed by atoms with Crippen LogP contribution in [0.3, 0.4) is 0 Å². The molecule has 0 saturated heterocycles. The number of aromatic nitrogens is 5. The molecule has 9 aromatic carbocycles. The van der Waals surface area contributed by atoms with Crippen molar-refractivity contribution in [3.63, 3.8) is 0 Å². The second kappa shape index (κ2) is 19.5. The molecule has 0 aliphatic rings. The number of hydrogen-bond acceptors (Lipinski definition) is 4. The van der Waals surface area contributed by atoms with E-state index in [2.05, 4.69) is 172 Å². The van der Waals surface area contributed by atoms with Crippen LogP contribution in [-0.2, 0) is 20.1 Å². The Morgan fingerprint density at radius 1 is 0.365 bits per heavy atom. The smallest absolute Gasteiger partial charge is 0.456 e. The average Bonchev–Trinajstić information content (AvgIpc) is 4.17. The molecule has 0 atom stereocenters. The van der Waals surface area contributed by atoms with Gasteiger partial charge >= 0.3 is 20.1 Å². The topological polar surface area (TPSA) is 61.7 Å². The van der Waals surface area contributed by atoms with Crippen molar-refractivity contribution < 1.29 is 24.5 Å². The average molecular weight is 1130 g/mol.